The van der Waals surface area contributed by atoms with Gasteiger partial charge in [0, 0.05) is 49.5 Å². The molecule has 3 aromatic carbocycles. The van der Waals surface area contributed by atoms with Crippen molar-refractivity contribution >= 4 is 42.3 Å². The van der Waals surface area contributed by atoms with Crippen molar-refractivity contribution in [2.75, 3.05) is 32.1 Å². The summed E-state index contributed by atoms with van der Waals surface area (Å²) in [5.41, 5.74) is 7.22. The summed E-state index contributed by atoms with van der Waals surface area (Å²) in [6.07, 6.45) is 7.81. The van der Waals surface area contributed by atoms with E-state index in [9.17, 15) is 14.4 Å². The second-order valence-corrected chi connectivity index (χ2v) is 14.8. The number of para-hydroxylation sites is 1. The van der Waals surface area contributed by atoms with Crippen molar-refractivity contribution in [2.45, 2.75) is 78.3 Å². The van der Waals surface area contributed by atoms with Crippen molar-refractivity contribution in [3.63, 3.8) is 0 Å². The summed E-state index contributed by atoms with van der Waals surface area (Å²) in [6, 6.07) is 18.5. The minimum Gasteiger partial charge on any atom is -0.453 e. The highest BCUT2D eigenvalue weighted by atomic mass is 19.1. The third-order valence-electron chi connectivity index (χ3n) is 10.9. The predicted octanol–water partition coefficient (Wildman–Crippen LogP) is 8.33. The molecule has 1 aliphatic heterocycles. The number of aryl methyl sites for hydroxylation is 2. The number of methoxy groups -OCH3 is 1. The molecule has 1 aliphatic rings. The molecule has 1 saturated heterocycles. The zero-order valence-electron chi connectivity index (χ0n) is 34.0. The van der Waals surface area contributed by atoms with Crippen LogP contribution in [0.15, 0.2) is 78.1 Å². The zero-order valence-corrected chi connectivity index (χ0v) is 34.0. The first-order chi connectivity index (χ1) is 27.5. The number of ether oxygens (including phenoxy) is 1. The van der Waals surface area contributed by atoms with E-state index < -0.39 is 18.0 Å². The van der Waals surface area contributed by atoms with Crippen molar-refractivity contribution in [2.24, 2.45) is 16.8 Å². The van der Waals surface area contributed by atoms with Crippen LogP contribution in [0.5, 0.6) is 0 Å². The first kappa shape index (κ1) is 42.4. The molecule has 1 fully saturated rings. The molecular formula is C45H56FN7O4. The van der Waals surface area contributed by atoms with E-state index in [0.717, 1.165) is 71.4 Å². The SMILES string of the molecule is C=N/C=C(\NCC1CCCN1C(=O)C(CC)C(C)C)c1ccc(-c2ccc(-c3cnc(N(C)c4c(CC)cccc4CCC(C=O)NC(=O)OC)[nH]3)c(F)c2)cc1. The van der Waals surface area contributed by atoms with E-state index in [1.54, 1.807) is 18.5 Å². The van der Waals surface area contributed by atoms with Gasteiger partial charge in [-0.25, -0.2) is 14.2 Å². The van der Waals surface area contributed by atoms with E-state index in [-0.39, 0.29) is 17.9 Å². The molecule has 2 heterocycles. The maximum atomic E-state index is 15.8. The first-order valence-corrected chi connectivity index (χ1v) is 19.8. The fourth-order valence-corrected chi connectivity index (χ4v) is 7.76. The molecule has 0 saturated carbocycles. The van der Waals surface area contributed by atoms with Crippen LogP contribution in [0.4, 0.5) is 20.8 Å². The molecule has 0 bridgehead atoms. The lowest BCUT2D eigenvalue weighted by atomic mass is 9.91. The van der Waals surface area contributed by atoms with Gasteiger partial charge in [-0.15, -0.1) is 0 Å². The van der Waals surface area contributed by atoms with Crippen molar-refractivity contribution in [3.8, 4) is 22.4 Å². The monoisotopic (exact) mass is 777 g/mol. The van der Waals surface area contributed by atoms with Crippen LogP contribution in [0.3, 0.4) is 0 Å². The Bertz CT molecular complexity index is 2040. The Hall–Kier alpha value is -5.78. The van der Waals surface area contributed by atoms with Crippen LogP contribution in [0.25, 0.3) is 28.1 Å². The Morgan fingerprint density at radius 2 is 1.86 bits per heavy atom. The lowest BCUT2D eigenvalue weighted by Crippen LogP contribution is -2.45. The van der Waals surface area contributed by atoms with Crippen LogP contribution < -0.4 is 15.5 Å². The van der Waals surface area contributed by atoms with E-state index in [1.807, 2.05) is 65.4 Å². The van der Waals surface area contributed by atoms with Gasteiger partial charge in [-0.05, 0) is 91.1 Å². The van der Waals surface area contributed by atoms with Gasteiger partial charge in [0.15, 0.2) is 0 Å². The summed E-state index contributed by atoms with van der Waals surface area (Å²) in [7, 11) is 3.16. The molecule has 4 aromatic rings. The molecule has 57 heavy (non-hydrogen) atoms. The number of aldehydes is 1. The molecule has 302 valence electrons. The van der Waals surface area contributed by atoms with Gasteiger partial charge in [0.25, 0.3) is 0 Å². The summed E-state index contributed by atoms with van der Waals surface area (Å²) in [4.78, 5) is 52.6. The molecule has 11 nitrogen and oxygen atoms in total. The van der Waals surface area contributed by atoms with Gasteiger partial charge >= 0.3 is 6.09 Å². The number of H-pyrrole nitrogens is 1. The number of nitrogens with one attached hydrogen (secondary N) is 3. The molecule has 0 spiro atoms. The summed E-state index contributed by atoms with van der Waals surface area (Å²) < 4.78 is 20.5. The molecule has 5 rings (SSSR count). The topological polar surface area (TPSA) is 132 Å². The minimum absolute atomic E-state index is 0.0316. The number of hydrogen-bond acceptors (Lipinski definition) is 8. The van der Waals surface area contributed by atoms with Crippen LogP contribution in [-0.4, -0.2) is 79.2 Å². The number of rotatable bonds is 18. The van der Waals surface area contributed by atoms with Gasteiger partial charge in [-0.2, -0.15) is 0 Å². The minimum atomic E-state index is -0.693. The van der Waals surface area contributed by atoms with Gasteiger partial charge in [0.05, 0.1) is 30.7 Å². The van der Waals surface area contributed by atoms with E-state index in [2.05, 4.69) is 64.7 Å². The fraction of sp³-hybridized carbons (Fsp3) is 0.400. The third kappa shape index (κ3) is 10.2. The number of carbonyl (C=O) groups excluding carboxylic acids is 3. The average Bonchev–Trinajstić information content (AvgIpc) is 3.91. The molecule has 3 unspecified atom stereocenters. The van der Waals surface area contributed by atoms with Crippen LogP contribution >= 0.6 is 0 Å². The summed E-state index contributed by atoms with van der Waals surface area (Å²) in [6.45, 7) is 13.4. The quantitative estimate of drug-likeness (QED) is 0.0684. The number of halogens is 1. The van der Waals surface area contributed by atoms with E-state index in [1.165, 1.54) is 13.2 Å². The summed E-state index contributed by atoms with van der Waals surface area (Å²) >= 11 is 0. The van der Waals surface area contributed by atoms with Gasteiger partial charge in [0.2, 0.25) is 11.9 Å². The highest BCUT2D eigenvalue weighted by Gasteiger charge is 2.33. The third-order valence-corrected chi connectivity index (χ3v) is 10.9. The lowest BCUT2D eigenvalue weighted by Gasteiger charge is -2.30. The van der Waals surface area contributed by atoms with Crippen LogP contribution in [0, 0.1) is 17.7 Å². The number of amides is 2. The Balaban J connectivity index is 1.28. The van der Waals surface area contributed by atoms with Gasteiger partial charge in [0.1, 0.15) is 12.1 Å². The lowest BCUT2D eigenvalue weighted by molar-refractivity contribution is -0.137. The molecule has 3 N–H and O–H groups in total. The number of hydrogen-bond donors (Lipinski definition) is 3. The number of aliphatic imine (C=N–C) groups is 1. The number of nitrogens with zero attached hydrogens (tertiary/aromatic N) is 4. The van der Waals surface area contributed by atoms with E-state index >= 15 is 4.39 Å². The smallest absolute Gasteiger partial charge is 0.407 e. The number of alkyl carbamates (subject to hydrolysis) is 1. The molecule has 3 atom stereocenters. The van der Waals surface area contributed by atoms with Crippen LogP contribution in [0.1, 0.15) is 70.1 Å². The number of benzene rings is 3. The summed E-state index contributed by atoms with van der Waals surface area (Å²) in [5, 5.41) is 6.08. The molecule has 2 amide bonds. The highest BCUT2D eigenvalue weighted by Crippen LogP contribution is 2.34. The predicted molar refractivity (Wildman–Crippen MR) is 226 cm³/mol. The second-order valence-electron chi connectivity index (χ2n) is 14.8. The molecular weight excluding hydrogens is 722 g/mol. The zero-order chi connectivity index (χ0) is 41.1. The van der Waals surface area contributed by atoms with E-state index in [0.29, 0.717) is 48.8 Å². The Labute approximate surface area is 335 Å². The maximum absolute atomic E-state index is 15.8. The number of carbonyl (C=O) groups is 3. The molecule has 0 aliphatic carbocycles. The largest absolute Gasteiger partial charge is 0.453 e. The van der Waals surface area contributed by atoms with Crippen molar-refractivity contribution in [3.05, 3.63) is 95.6 Å². The molecule has 12 heteroatoms. The van der Waals surface area contributed by atoms with Gasteiger partial charge in [-0.3, -0.25) is 9.79 Å². The maximum Gasteiger partial charge on any atom is 0.407 e. The Morgan fingerprint density at radius 3 is 2.51 bits per heavy atom. The Kier molecular flexibility index (Phi) is 14.8. The van der Waals surface area contributed by atoms with Gasteiger partial charge in [-0.1, -0.05) is 76.2 Å². The number of aromatic amines is 1. The van der Waals surface area contributed by atoms with E-state index in [4.69, 9.17) is 0 Å². The van der Waals surface area contributed by atoms with Crippen LogP contribution in [-0.2, 0) is 27.2 Å². The molecule has 0 radical (unpaired) electrons. The average molecular weight is 778 g/mol. The Morgan fingerprint density at radius 1 is 1.12 bits per heavy atom. The number of likely N-dealkylation sites (tertiary alicyclic amines) is 1. The fourth-order valence-electron chi connectivity index (χ4n) is 7.76. The molecule has 1 aromatic heterocycles. The van der Waals surface area contributed by atoms with Crippen molar-refractivity contribution < 1.29 is 23.5 Å². The first-order valence-electron chi connectivity index (χ1n) is 19.8. The van der Waals surface area contributed by atoms with Gasteiger partial charge < -0.3 is 34.9 Å². The highest BCUT2D eigenvalue weighted by molar-refractivity contribution is 5.80. The van der Waals surface area contributed by atoms with Crippen molar-refractivity contribution in [1.29, 1.82) is 0 Å². The second kappa shape index (κ2) is 19.9. The van der Waals surface area contributed by atoms with Crippen molar-refractivity contribution in [1.82, 2.24) is 25.5 Å². The number of anilines is 2. The standard InChI is InChI=1S/C45H56FN7O4/c1-8-30-12-10-13-33(19-21-35(28-54)50-45(56)57-7)42(30)52(6)44-49-27-41(51-44)38-22-20-34(24-39(38)46)31-15-17-32(18-16-31)40(26-47-5)48-25-36-14-11-23-53(36)43(55)37(9-2)29(3)4/h10,12-13,15-18,20,22,24,26-29,35-37,48H,5,8-9,11,14,19,21,23,25H2,1-4,6-7H3,(H,49,51)(H,50,56)/b40-26-. The van der Waals surface area contributed by atoms with Crippen LogP contribution in [0.2, 0.25) is 0 Å². The number of aromatic nitrogens is 2. The normalized spacial score (nSPS) is 15.3. The summed E-state index contributed by atoms with van der Waals surface area (Å²) in [5.74, 6) is 0.721. The number of imidazole rings is 1.